The second kappa shape index (κ2) is 5.97. The van der Waals surface area contributed by atoms with Crippen LogP contribution in [-0.2, 0) is 14.0 Å². The van der Waals surface area contributed by atoms with E-state index >= 15 is 0 Å². The van der Waals surface area contributed by atoms with Gasteiger partial charge in [-0.3, -0.25) is 0 Å². The fourth-order valence-electron chi connectivity index (χ4n) is 2.73. The molecule has 0 saturated carbocycles. The van der Waals surface area contributed by atoms with Gasteiger partial charge in [-0.15, -0.1) is 0 Å². The number of fused-ring (bicyclic) bond motifs is 1. The lowest BCUT2D eigenvalue weighted by molar-refractivity contribution is 0.00578. The van der Waals surface area contributed by atoms with Crippen LogP contribution < -0.4 is 5.46 Å². The Hall–Kier alpha value is -1.57. The van der Waals surface area contributed by atoms with Crippen LogP contribution in [0.3, 0.4) is 0 Å². The van der Waals surface area contributed by atoms with Gasteiger partial charge in [-0.1, -0.05) is 11.6 Å². The van der Waals surface area contributed by atoms with Gasteiger partial charge in [0.25, 0.3) is 0 Å². The number of carbonyl (C=O) groups is 1. The zero-order valence-electron chi connectivity index (χ0n) is 16.2. The van der Waals surface area contributed by atoms with Gasteiger partial charge in [0.1, 0.15) is 10.8 Å². The van der Waals surface area contributed by atoms with Crippen molar-refractivity contribution in [1.82, 2.24) is 9.55 Å². The molecule has 0 unspecified atom stereocenters. The summed E-state index contributed by atoms with van der Waals surface area (Å²) in [5.41, 5.74) is -0.417. The number of hydrogen-bond acceptors (Lipinski definition) is 5. The summed E-state index contributed by atoms with van der Waals surface area (Å²) in [6, 6.07) is 3.51. The Morgan fingerprint density at radius 3 is 2.35 bits per heavy atom. The minimum atomic E-state index is -0.610. The van der Waals surface area contributed by atoms with Crippen LogP contribution in [0, 0.1) is 0 Å². The molecule has 2 aromatic rings. The van der Waals surface area contributed by atoms with E-state index in [1.165, 1.54) is 4.57 Å². The first-order valence-corrected chi connectivity index (χ1v) is 8.95. The highest BCUT2D eigenvalue weighted by Crippen LogP contribution is 2.37. The molecule has 26 heavy (non-hydrogen) atoms. The molecule has 0 amide bonds. The van der Waals surface area contributed by atoms with Crippen molar-refractivity contribution in [3.8, 4) is 0 Å². The number of nitrogens with zero attached hydrogens (tertiary/aromatic N) is 2. The molecule has 1 fully saturated rings. The van der Waals surface area contributed by atoms with E-state index in [2.05, 4.69) is 4.98 Å². The first-order valence-electron chi connectivity index (χ1n) is 8.57. The molecule has 3 heterocycles. The molecule has 1 aliphatic heterocycles. The van der Waals surface area contributed by atoms with Crippen molar-refractivity contribution in [3.05, 3.63) is 23.5 Å². The average molecular weight is 379 g/mol. The zero-order valence-corrected chi connectivity index (χ0v) is 17.0. The molecule has 3 rings (SSSR count). The van der Waals surface area contributed by atoms with Crippen LogP contribution in [0.2, 0.25) is 5.15 Å². The highest BCUT2D eigenvalue weighted by atomic mass is 35.5. The van der Waals surface area contributed by atoms with Gasteiger partial charge in [-0.25, -0.2) is 14.3 Å². The fraction of sp³-hybridized carbons (Fsp3) is 0.556. The van der Waals surface area contributed by atoms with Gasteiger partial charge in [0.15, 0.2) is 5.65 Å². The normalized spacial score (nSPS) is 19.2. The van der Waals surface area contributed by atoms with E-state index in [-0.39, 0.29) is 5.15 Å². The number of aromatic nitrogens is 2. The highest BCUT2D eigenvalue weighted by molar-refractivity contribution is 6.65. The standard InChI is InChI=1S/C18H24BClN2O4/c1-16(2,3)24-15(23)22-9-8-11-12(10-13(20)21-14(11)22)19-25-17(4,5)18(6,7)26-19/h8-10H,1-7H3. The molecule has 2 aromatic heterocycles. The summed E-state index contributed by atoms with van der Waals surface area (Å²) in [6.45, 7) is 13.4. The largest absolute Gasteiger partial charge is 0.495 e. The molecular weight excluding hydrogens is 354 g/mol. The van der Waals surface area contributed by atoms with Crippen molar-refractivity contribution in [3.63, 3.8) is 0 Å². The summed E-state index contributed by atoms with van der Waals surface area (Å²) in [5.74, 6) is 0. The second-order valence-electron chi connectivity index (χ2n) is 8.53. The number of pyridine rings is 1. The van der Waals surface area contributed by atoms with E-state index in [1.807, 2.05) is 48.5 Å². The number of ether oxygens (including phenoxy) is 1. The number of rotatable bonds is 1. The first-order chi connectivity index (χ1) is 11.8. The van der Waals surface area contributed by atoms with Crippen LogP contribution in [0.4, 0.5) is 4.79 Å². The predicted molar refractivity (Wildman–Crippen MR) is 102 cm³/mol. The fourth-order valence-corrected chi connectivity index (χ4v) is 2.92. The van der Waals surface area contributed by atoms with Crippen molar-refractivity contribution in [2.75, 3.05) is 0 Å². The van der Waals surface area contributed by atoms with Gasteiger partial charge in [-0.2, -0.15) is 0 Å². The molecule has 0 spiro atoms. The maximum absolute atomic E-state index is 12.5. The van der Waals surface area contributed by atoms with Crippen LogP contribution in [0.25, 0.3) is 11.0 Å². The summed E-state index contributed by atoms with van der Waals surface area (Å²) in [4.78, 5) is 16.8. The van der Waals surface area contributed by atoms with E-state index in [9.17, 15) is 4.79 Å². The molecular formula is C18H24BClN2O4. The topological polar surface area (TPSA) is 62.6 Å². The van der Waals surface area contributed by atoms with Gasteiger partial charge in [0.05, 0.1) is 11.2 Å². The maximum Gasteiger partial charge on any atom is 0.495 e. The number of carbonyl (C=O) groups excluding carboxylic acids is 1. The average Bonchev–Trinajstić information content (AvgIpc) is 2.95. The van der Waals surface area contributed by atoms with E-state index in [0.29, 0.717) is 5.65 Å². The summed E-state index contributed by atoms with van der Waals surface area (Å²) in [7, 11) is -0.600. The van der Waals surface area contributed by atoms with E-state index in [4.69, 9.17) is 25.6 Å². The van der Waals surface area contributed by atoms with Crippen molar-refractivity contribution in [1.29, 1.82) is 0 Å². The Morgan fingerprint density at radius 1 is 1.23 bits per heavy atom. The maximum atomic E-state index is 12.5. The predicted octanol–water partition coefficient (Wildman–Crippen LogP) is 3.77. The van der Waals surface area contributed by atoms with Crippen LogP contribution >= 0.6 is 11.6 Å². The monoisotopic (exact) mass is 378 g/mol. The Bertz CT molecular complexity index is 854. The molecule has 8 heteroatoms. The minimum absolute atomic E-state index is 0.255. The Kier molecular flexibility index (Phi) is 4.41. The third-order valence-electron chi connectivity index (χ3n) is 4.76. The van der Waals surface area contributed by atoms with Crippen molar-refractivity contribution in [2.24, 2.45) is 0 Å². The van der Waals surface area contributed by atoms with Crippen molar-refractivity contribution < 1.29 is 18.8 Å². The van der Waals surface area contributed by atoms with Crippen LogP contribution in [0.15, 0.2) is 18.3 Å². The summed E-state index contributed by atoms with van der Waals surface area (Å²) < 4.78 is 19.0. The van der Waals surface area contributed by atoms with Gasteiger partial charge < -0.3 is 14.0 Å². The molecule has 0 radical (unpaired) electrons. The van der Waals surface area contributed by atoms with E-state index in [1.54, 1.807) is 18.3 Å². The molecule has 1 aliphatic rings. The number of halogens is 1. The van der Waals surface area contributed by atoms with Gasteiger partial charge in [-0.05, 0) is 66.1 Å². The molecule has 0 N–H and O–H groups in total. The Labute approximate surface area is 158 Å². The van der Waals surface area contributed by atoms with Crippen LogP contribution in [-0.4, -0.2) is 39.6 Å². The van der Waals surface area contributed by atoms with E-state index in [0.717, 1.165) is 10.8 Å². The molecule has 6 nitrogen and oxygen atoms in total. The van der Waals surface area contributed by atoms with E-state index < -0.39 is 30.0 Å². The van der Waals surface area contributed by atoms with Gasteiger partial charge in [0, 0.05) is 11.6 Å². The lowest BCUT2D eigenvalue weighted by Crippen LogP contribution is -2.41. The van der Waals surface area contributed by atoms with Crippen molar-refractivity contribution in [2.45, 2.75) is 65.3 Å². The third-order valence-corrected chi connectivity index (χ3v) is 4.95. The van der Waals surface area contributed by atoms with Gasteiger partial charge >= 0.3 is 13.2 Å². The quantitative estimate of drug-likeness (QED) is 0.558. The molecule has 1 saturated heterocycles. The number of hydrogen-bond donors (Lipinski definition) is 0. The molecule has 0 aliphatic carbocycles. The first kappa shape index (κ1) is 19.2. The summed E-state index contributed by atoms with van der Waals surface area (Å²) in [6.07, 6.45) is 1.11. The highest BCUT2D eigenvalue weighted by Gasteiger charge is 2.52. The van der Waals surface area contributed by atoms with Crippen LogP contribution in [0.1, 0.15) is 48.5 Å². The molecule has 0 aromatic carbocycles. The molecule has 140 valence electrons. The molecule has 0 bridgehead atoms. The Morgan fingerprint density at radius 2 is 1.81 bits per heavy atom. The Balaban J connectivity index is 2.06. The minimum Gasteiger partial charge on any atom is -0.443 e. The summed E-state index contributed by atoms with van der Waals surface area (Å²) >= 11 is 6.22. The van der Waals surface area contributed by atoms with Crippen molar-refractivity contribution >= 4 is 41.3 Å². The SMILES string of the molecule is CC(C)(C)OC(=O)n1ccc2c(B3OC(C)(C)C(C)(C)O3)cc(Cl)nc21. The summed E-state index contributed by atoms with van der Waals surface area (Å²) in [5, 5.41) is 0.990. The van der Waals surface area contributed by atoms with Crippen LogP contribution in [0.5, 0.6) is 0 Å². The lowest BCUT2D eigenvalue weighted by atomic mass is 9.78. The molecule has 0 atom stereocenters. The third kappa shape index (κ3) is 3.35. The smallest absolute Gasteiger partial charge is 0.443 e. The lowest BCUT2D eigenvalue weighted by Gasteiger charge is -2.32. The van der Waals surface area contributed by atoms with Gasteiger partial charge in [0.2, 0.25) is 0 Å². The second-order valence-corrected chi connectivity index (χ2v) is 8.91. The zero-order chi connectivity index (χ0) is 19.5.